The van der Waals surface area contributed by atoms with E-state index in [9.17, 15) is 4.79 Å². The van der Waals surface area contributed by atoms with Crippen molar-refractivity contribution in [2.75, 3.05) is 7.11 Å². The van der Waals surface area contributed by atoms with Crippen molar-refractivity contribution >= 4 is 5.97 Å². The van der Waals surface area contributed by atoms with Crippen molar-refractivity contribution in [2.24, 2.45) is 17.1 Å². The molecule has 0 bridgehead atoms. The molecule has 2 N–H and O–H groups in total. The van der Waals surface area contributed by atoms with E-state index < -0.39 is 0 Å². The first kappa shape index (κ1) is 8.05. The molecule has 2 aliphatic rings. The fraction of sp³-hybridized carbons (Fsp3) is 0.889. The van der Waals surface area contributed by atoms with Crippen LogP contribution < -0.4 is 5.73 Å². The molecule has 0 radical (unpaired) electrons. The third kappa shape index (κ3) is 1.04. The Kier molecular flexibility index (Phi) is 1.65. The first-order valence-electron chi connectivity index (χ1n) is 4.54. The number of hydrogen-bond acceptors (Lipinski definition) is 3. The van der Waals surface area contributed by atoms with E-state index in [1.807, 2.05) is 0 Å². The predicted octanol–water partition coefficient (Wildman–Crippen LogP) is 0.677. The number of carbonyl (C=O) groups excluding carboxylic acids is 1. The molecule has 12 heavy (non-hydrogen) atoms. The highest BCUT2D eigenvalue weighted by atomic mass is 16.5. The van der Waals surface area contributed by atoms with Gasteiger partial charge in [0.15, 0.2) is 0 Å². The summed E-state index contributed by atoms with van der Waals surface area (Å²) < 4.78 is 4.65. The van der Waals surface area contributed by atoms with Gasteiger partial charge in [0.05, 0.1) is 7.11 Å². The lowest BCUT2D eigenvalue weighted by Crippen LogP contribution is -2.41. The Morgan fingerprint density at radius 1 is 1.58 bits per heavy atom. The molecule has 3 heteroatoms. The SMILES string of the molecule is COC(=O)C(N)C1(C2CC2)CC1. The van der Waals surface area contributed by atoms with Crippen LogP contribution in [-0.2, 0) is 9.53 Å². The maximum Gasteiger partial charge on any atom is 0.323 e. The van der Waals surface area contributed by atoms with Crippen LogP contribution in [0.5, 0.6) is 0 Å². The summed E-state index contributed by atoms with van der Waals surface area (Å²) in [5.74, 6) is 0.478. The second-order valence-corrected chi connectivity index (χ2v) is 4.01. The molecule has 0 saturated heterocycles. The fourth-order valence-corrected chi connectivity index (χ4v) is 2.14. The van der Waals surface area contributed by atoms with E-state index in [-0.39, 0.29) is 17.4 Å². The summed E-state index contributed by atoms with van der Waals surface area (Å²) in [6.07, 6.45) is 4.75. The smallest absolute Gasteiger partial charge is 0.323 e. The van der Waals surface area contributed by atoms with E-state index >= 15 is 0 Å². The van der Waals surface area contributed by atoms with Gasteiger partial charge in [0.1, 0.15) is 6.04 Å². The van der Waals surface area contributed by atoms with Gasteiger partial charge in [0.25, 0.3) is 0 Å². The zero-order chi connectivity index (χ0) is 8.77. The Morgan fingerprint density at radius 3 is 2.50 bits per heavy atom. The van der Waals surface area contributed by atoms with Crippen LogP contribution >= 0.6 is 0 Å². The summed E-state index contributed by atoms with van der Waals surface area (Å²) in [6, 6.07) is -0.366. The molecular formula is C9H15NO2. The Balaban J connectivity index is 2.02. The molecule has 0 spiro atoms. The lowest BCUT2D eigenvalue weighted by molar-refractivity contribution is -0.144. The van der Waals surface area contributed by atoms with Gasteiger partial charge in [-0.3, -0.25) is 4.79 Å². The zero-order valence-corrected chi connectivity index (χ0v) is 7.38. The van der Waals surface area contributed by atoms with Gasteiger partial charge in [0.2, 0.25) is 0 Å². The molecule has 2 fully saturated rings. The molecule has 1 atom stereocenters. The van der Waals surface area contributed by atoms with Gasteiger partial charge < -0.3 is 10.5 Å². The summed E-state index contributed by atoms with van der Waals surface area (Å²) >= 11 is 0. The highest BCUT2D eigenvalue weighted by molar-refractivity contribution is 5.77. The Morgan fingerprint density at radius 2 is 2.17 bits per heavy atom. The summed E-state index contributed by atoms with van der Waals surface area (Å²) in [5.41, 5.74) is 5.98. The zero-order valence-electron chi connectivity index (χ0n) is 7.38. The van der Waals surface area contributed by atoms with Crippen molar-refractivity contribution in [3.8, 4) is 0 Å². The van der Waals surface area contributed by atoms with E-state index in [0.717, 1.165) is 12.8 Å². The molecule has 0 aromatic carbocycles. The average molecular weight is 169 g/mol. The minimum atomic E-state index is -0.366. The van der Waals surface area contributed by atoms with Crippen molar-refractivity contribution in [1.29, 1.82) is 0 Å². The predicted molar refractivity (Wildman–Crippen MR) is 44.4 cm³/mol. The number of rotatable bonds is 3. The third-order valence-electron chi connectivity index (χ3n) is 3.29. The molecule has 0 amide bonds. The summed E-state index contributed by atoms with van der Waals surface area (Å²) in [7, 11) is 1.41. The highest BCUT2D eigenvalue weighted by Gasteiger charge is 2.59. The topological polar surface area (TPSA) is 52.3 Å². The average Bonchev–Trinajstić information content (AvgIpc) is 2.87. The standard InChI is InChI=1S/C9H15NO2/c1-12-8(11)7(10)9(4-5-9)6-2-3-6/h6-7H,2-5,10H2,1H3. The molecule has 2 aliphatic carbocycles. The molecular weight excluding hydrogens is 154 g/mol. The van der Waals surface area contributed by atoms with E-state index in [4.69, 9.17) is 5.73 Å². The minimum absolute atomic E-state index is 0.146. The molecule has 2 rings (SSSR count). The number of carbonyl (C=O) groups is 1. The third-order valence-corrected chi connectivity index (χ3v) is 3.29. The fourth-order valence-electron chi connectivity index (χ4n) is 2.14. The largest absolute Gasteiger partial charge is 0.468 e. The Labute approximate surface area is 72.3 Å². The van der Waals surface area contributed by atoms with Crippen LogP contribution in [-0.4, -0.2) is 19.1 Å². The molecule has 0 aromatic heterocycles. The van der Waals surface area contributed by atoms with Crippen LogP contribution in [0.2, 0.25) is 0 Å². The van der Waals surface area contributed by atoms with Crippen LogP contribution in [0.1, 0.15) is 25.7 Å². The number of nitrogens with two attached hydrogens (primary N) is 1. The summed E-state index contributed by atoms with van der Waals surface area (Å²) in [4.78, 5) is 11.2. The van der Waals surface area contributed by atoms with Crippen molar-refractivity contribution in [3.05, 3.63) is 0 Å². The minimum Gasteiger partial charge on any atom is -0.468 e. The van der Waals surface area contributed by atoms with Crippen LogP contribution in [0.4, 0.5) is 0 Å². The van der Waals surface area contributed by atoms with Crippen molar-refractivity contribution in [2.45, 2.75) is 31.7 Å². The lowest BCUT2D eigenvalue weighted by Gasteiger charge is -2.20. The molecule has 68 valence electrons. The maximum atomic E-state index is 11.2. The van der Waals surface area contributed by atoms with Gasteiger partial charge in [-0.25, -0.2) is 0 Å². The number of methoxy groups -OCH3 is 1. The maximum absolute atomic E-state index is 11.2. The molecule has 3 nitrogen and oxygen atoms in total. The van der Waals surface area contributed by atoms with Crippen LogP contribution in [0.25, 0.3) is 0 Å². The molecule has 0 heterocycles. The Bertz CT molecular complexity index is 207. The molecule has 2 saturated carbocycles. The second-order valence-electron chi connectivity index (χ2n) is 4.01. The van der Waals surface area contributed by atoms with Gasteiger partial charge in [-0.2, -0.15) is 0 Å². The quantitative estimate of drug-likeness (QED) is 0.632. The number of esters is 1. The molecule has 0 aromatic rings. The van der Waals surface area contributed by atoms with Gasteiger partial charge in [-0.05, 0) is 37.0 Å². The van der Waals surface area contributed by atoms with Gasteiger partial charge in [-0.1, -0.05) is 0 Å². The van der Waals surface area contributed by atoms with E-state index in [1.165, 1.54) is 20.0 Å². The van der Waals surface area contributed by atoms with Gasteiger partial charge in [-0.15, -0.1) is 0 Å². The lowest BCUT2D eigenvalue weighted by atomic mass is 9.91. The summed E-state index contributed by atoms with van der Waals surface area (Å²) in [6.45, 7) is 0. The normalized spacial score (nSPS) is 27.8. The van der Waals surface area contributed by atoms with Crippen LogP contribution in [0.3, 0.4) is 0 Å². The van der Waals surface area contributed by atoms with Crippen molar-refractivity contribution in [1.82, 2.24) is 0 Å². The van der Waals surface area contributed by atoms with Crippen molar-refractivity contribution in [3.63, 3.8) is 0 Å². The van der Waals surface area contributed by atoms with E-state index in [1.54, 1.807) is 0 Å². The van der Waals surface area contributed by atoms with Crippen LogP contribution in [0.15, 0.2) is 0 Å². The highest BCUT2D eigenvalue weighted by Crippen LogP contribution is 2.62. The monoisotopic (exact) mass is 169 g/mol. The molecule has 0 aliphatic heterocycles. The van der Waals surface area contributed by atoms with Gasteiger partial charge in [0, 0.05) is 0 Å². The Hall–Kier alpha value is -0.570. The number of ether oxygens (including phenoxy) is 1. The number of hydrogen-bond donors (Lipinski definition) is 1. The van der Waals surface area contributed by atoms with E-state index in [2.05, 4.69) is 4.74 Å². The first-order valence-corrected chi connectivity index (χ1v) is 4.54. The molecule has 1 unspecified atom stereocenters. The van der Waals surface area contributed by atoms with Crippen LogP contribution in [0, 0.1) is 11.3 Å². The van der Waals surface area contributed by atoms with Gasteiger partial charge >= 0.3 is 5.97 Å². The van der Waals surface area contributed by atoms with Crippen molar-refractivity contribution < 1.29 is 9.53 Å². The second kappa shape index (κ2) is 2.46. The van der Waals surface area contributed by atoms with E-state index in [0.29, 0.717) is 5.92 Å². The first-order chi connectivity index (χ1) is 5.70. The summed E-state index contributed by atoms with van der Waals surface area (Å²) in [5, 5.41) is 0.